The topological polar surface area (TPSA) is 55.6 Å². The number of anilines is 1. The van der Waals surface area contributed by atoms with E-state index in [9.17, 15) is 4.79 Å². The van der Waals surface area contributed by atoms with Crippen LogP contribution in [0.5, 0.6) is 0 Å². The van der Waals surface area contributed by atoms with E-state index in [0.29, 0.717) is 5.82 Å². The number of carbonyl (C=O) groups is 1. The Morgan fingerprint density at radius 1 is 1.24 bits per heavy atom. The molecule has 0 unspecified atom stereocenters. The maximum atomic E-state index is 11.7. The van der Waals surface area contributed by atoms with Crippen molar-refractivity contribution in [1.29, 1.82) is 0 Å². The second kappa shape index (κ2) is 5.97. The normalized spacial score (nSPS) is 10.5. The fourth-order valence-electron chi connectivity index (χ4n) is 1.89. The van der Waals surface area contributed by atoms with Crippen LogP contribution in [0.2, 0.25) is 0 Å². The summed E-state index contributed by atoms with van der Waals surface area (Å²) < 4.78 is 7.73. The second-order valence-corrected chi connectivity index (χ2v) is 5.35. The molecule has 0 saturated heterocycles. The van der Waals surface area contributed by atoms with E-state index in [-0.39, 0.29) is 6.61 Å². The van der Waals surface area contributed by atoms with Crippen LogP contribution in [0.15, 0.2) is 59.2 Å². The van der Waals surface area contributed by atoms with Gasteiger partial charge in [-0.05, 0) is 33.6 Å². The molecule has 6 heteroatoms. The monoisotopic (exact) mass is 345 g/mol. The Balaban J connectivity index is 1.63. The number of carbonyl (C=O) groups excluding carboxylic acids is 1. The predicted octanol–water partition coefficient (Wildman–Crippen LogP) is 3.85. The summed E-state index contributed by atoms with van der Waals surface area (Å²) in [5, 5.41) is 6.86. The molecule has 0 spiro atoms. The number of amides is 1. The third-order valence-electron chi connectivity index (χ3n) is 2.87. The van der Waals surface area contributed by atoms with Crippen LogP contribution in [0, 0.1) is 0 Å². The van der Waals surface area contributed by atoms with Crippen LogP contribution in [-0.2, 0) is 11.3 Å². The summed E-state index contributed by atoms with van der Waals surface area (Å²) in [6.45, 7) is 0.228. The highest BCUT2D eigenvalue weighted by Crippen LogP contribution is 2.15. The summed E-state index contributed by atoms with van der Waals surface area (Å²) in [6, 6.07) is 15.1. The third kappa shape index (κ3) is 3.41. The molecule has 3 rings (SSSR count). The predicted molar refractivity (Wildman–Crippen MR) is 83.1 cm³/mol. The summed E-state index contributed by atoms with van der Waals surface area (Å²) in [4.78, 5) is 11.7. The maximum Gasteiger partial charge on any atom is 0.413 e. The molecule has 0 aliphatic heterocycles. The largest absolute Gasteiger partial charge is 0.444 e. The molecule has 3 aromatic rings. The van der Waals surface area contributed by atoms with E-state index < -0.39 is 6.09 Å². The first-order valence-electron chi connectivity index (χ1n) is 6.33. The summed E-state index contributed by atoms with van der Waals surface area (Å²) in [5.41, 5.74) is 1.82. The lowest BCUT2D eigenvalue weighted by Crippen LogP contribution is -2.13. The van der Waals surface area contributed by atoms with Gasteiger partial charge < -0.3 is 4.74 Å². The molecule has 0 saturated carbocycles. The summed E-state index contributed by atoms with van der Waals surface area (Å²) in [6.07, 6.45) is 1.29. The van der Waals surface area contributed by atoms with Gasteiger partial charge in [-0.3, -0.25) is 5.32 Å². The molecular formula is C15H12BrN3O2. The third-order valence-corrected chi connectivity index (χ3v) is 3.34. The highest BCUT2D eigenvalue weighted by molar-refractivity contribution is 9.10. The van der Waals surface area contributed by atoms with E-state index in [1.165, 1.54) is 0 Å². The Morgan fingerprint density at radius 2 is 2.05 bits per heavy atom. The lowest BCUT2D eigenvalue weighted by Gasteiger charge is -2.04. The van der Waals surface area contributed by atoms with Gasteiger partial charge in [-0.25, -0.2) is 9.31 Å². The summed E-state index contributed by atoms with van der Waals surface area (Å²) in [7, 11) is 0. The van der Waals surface area contributed by atoms with Gasteiger partial charge in [-0.15, -0.1) is 5.10 Å². The minimum Gasteiger partial charge on any atom is -0.444 e. The average molecular weight is 346 g/mol. The molecule has 1 N–H and O–H groups in total. The van der Waals surface area contributed by atoms with Crippen molar-refractivity contribution in [2.75, 3.05) is 5.32 Å². The number of nitrogens with zero attached hydrogens (tertiary/aromatic N) is 2. The van der Waals surface area contributed by atoms with Crippen LogP contribution in [0.3, 0.4) is 0 Å². The molecular weight excluding hydrogens is 334 g/mol. The van der Waals surface area contributed by atoms with Crippen LogP contribution in [0.25, 0.3) is 5.52 Å². The molecule has 1 amide bonds. The molecule has 0 atom stereocenters. The number of rotatable bonds is 3. The lowest BCUT2D eigenvalue weighted by atomic mass is 10.2. The number of pyridine rings is 1. The standard InChI is InChI=1S/C15H12BrN3O2/c16-12-6-7-13-8-14(18-19(13)9-12)17-15(20)21-10-11-4-2-1-3-5-11/h1-9H,10H2,(H,17,18,20). The Kier molecular flexibility index (Phi) is 3.87. The van der Waals surface area contributed by atoms with E-state index in [0.717, 1.165) is 15.6 Å². The molecule has 0 radical (unpaired) electrons. The molecule has 0 aliphatic carbocycles. The zero-order valence-electron chi connectivity index (χ0n) is 11.0. The van der Waals surface area contributed by atoms with E-state index in [1.54, 1.807) is 10.6 Å². The van der Waals surface area contributed by atoms with Gasteiger partial charge in [0.1, 0.15) is 6.61 Å². The molecule has 106 valence electrons. The van der Waals surface area contributed by atoms with E-state index in [4.69, 9.17) is 4.74 Å². The number of hydrogen-bond donors (Lipinski definition) is 1. The van der Waals surface area contributed by atoms with Crippen molar-refractivity contribution < 1.29 is 9.53 Å². The zero-order valence-corrected chi connectivity index (χ0v) is 12.6. The maximum absolute atomic E-state index is 11.7. The number of benzene rings is 1. The van der Waals surface area contributed by atoms with Gasteiger partial charge in [0.15, 0.2) is 5.82 Å². The quantitative estimate of drug-likeness (QED) is 0.784. The molecule has 1 aromatic carbocycles. The lowest BCUT2D eigenvalue weighted by molar-refractivity contribution is 0.155. The van der Waals surface area contributed by atoms with Crippen molar-refractivity contribution in [1.82, 2.24) is 9.61 Å². The SMILES string of the molecule is O=C(Nc1cc2ccc(Br)cn2n1)OCc1ccccc1. The van der Waals surface area contributed by atoms with E-state index >= 15 is 0 Å². The van der Waals surface area contributed by atoms with Crippen LogP contribution in [-0.4, -0.2) is 15.7 Å². The van der Waals surface area contributed by atoms with Gasteiger partial charge in [-0.1, -0.05) is 30.3 Å². The van der Waals surface area contributed by atoms with Gasteiger partial charge >= 0.3 is 6.09 Å². The van der Waals surface area contributed by atoms with Crippen LogP contribution >= 0.6 is 15.9 Å². The average Bonchev–Trinajstić information content (AvgIpc) is 2.87. The fourth-order valence-corrected chi connectivity index (χ4v) is 2.21. The molecule has 2 heterocycles. The van der Waals surface area contributed by atoms with Crippen molar-refractivity contribution in [3.63, 3.8) is 0 Å². The molecule has 2 aromatic heterocycles. The Hall–Kier alpha value is -2.34. The smallest absolute Gasteiger partial charge is 0.413 e. The van der Waals surface area contributed by atoms with Crippen molar-refractivity contribution in [2.45, 2.75) is 6.61 Å². The minimum absolute atomic E-state index is 0.228. The first-order chi connectivity index (χ1) is 10.2. The number of nitrogens with one attached hydrogen (secondary N) is 1. The Morgan fingerprint density at radius 3 is 2.86 bits per heavy atom. The first-order valence-corrected chi connectivity index (χ1v) is 7.13. The number of fused-ring (bicyclic) bond motifs is 1. The van der Waals surface area contributed by atoms with Gasteiger partial charge in [0.25, 0.3) is 0 Å². The van der Waals surface area contributed by atoms with Crippen molar-refractivity contribution in [3.8, 4) is 0 Å². The number of halogens is 1. The number of aromatic nitrogens is 2. The van der Waals surface area contributed by atoms with Gasteiger partial charge in [0, 0.05) is 16.7 Å². The summed E-state index contributed by atoms with van der Waals surface area (Å²) in [5.74, 6) is 0.450. The van der Waals surface area contributed by atoms with Crippen molar-refractivity contribution >= 4 is 33.4 Å². The summed E-state index contributed by atoms with van der Waals surface area (Å²) >= 11 is 3.37. The van der Waals surface area contributed by atoms with Gasteiger partial charge in [0.05, 0.1) is 5.52 Å². The number of ether oxygens (including phenoxy) is 1. The van der Waals surface area contributed by atoms with Crippen LogP contribution in [0.1, 0.15) is 5.56 Å². The fraction of sp³-hybridized carbons (Fsp3) is 0.0667. The highest BCUT2D eigenvalue weighted by Gasteiger charge is 2.07. The van der Waals surface area contributed by atoms with Crippen LogP contribution in [0.4, 0.5) is 10.6 Å². The van der Waals surface area contributed by atoms with Crippen molar-refractivity contribution in [3.05, 3.63) is 64.8 Å². The van der Waals surface area contributed by atoms with Crippen LogP contribution < -0.4 is 5.32 Å². The number of hydrogen-bond acceptors (Lipinski definition) is 3. The molecule has 0 aliphatic rings. The first kappa shape index (κ1) is 13.6. The van der Waals surface area contributed by atoms with Gasteiger partial charge in [-0.2, -0.15) is 0 Å². The highest BCUT2D eigenvalue weighted by atomic mass is 79.9. The Labute approximate surface area is 129 Å². The molecule has 5 nitrogen and oxygen atoms in total. The van der Waals surface area contributed by atoms with E-state index in [2.05, 4.69) is 26.3 Å². The van der Waals surface area contributed by atoms with Gasteiger partial charge in [0.2, 0.25) is 0 Å². The minimum atomic E-state index is -0.527. The molecule has 0 fully saturated rings. The van der Waals surface area contributed by atoms with Crippen molar-refractivity contribution in [2.24, 2.45) is 0 Å². The Bertz CT molecular complexity index is 771. The molecule has 0 bridgehead atoms. The zero-order chi connectivity index (χ0) is 14.7. The molecule has 21 heavy (non-hydrogen) atoms. The second-order valence-electron chi connectivity index (χ2n) is 4.43. The van der Waals surface area contributed by atoms with E-state index in [1.807, 2.05) is 48.7 Å².